The minimum Gasteiger partial charge on any atom is -0.508 e. The summed E-state index contributed by atoms with van der Waals surface area (Å²) in [6.45, 7) is 0.199. The SMILES string of the molecule is NC(CC(=O)O)C(=O)N1CCCC1C(=O)NC(Cc1ccc(O)cc1)C(=O)NC(Cc1cnc[nH]1)C(=O)O. The molecule has 1 aromatic heterocycles. The molecule has 3 amide bonds. The average Bonchev–Trinajstić information content (AvgIpc) is 3.56. The minimum atomic E-state index is -1.32. The van der Waals surface area contributed by atoms with Crippen LogP contribution in [0.25, 0.3) is 0 Å². The van der Waals surface area contributed by atoms with Gasteiger partial charge in [-0.15, -0.1) is 0 Å². The summed E-state index contributed by atoms with van der Waals surface area (Å²) in [7, 11) is 0. The van der Waals surface area contributed by atoms with Gasteiger partial charge in [0.05, 0.1) is 18.8 Å². The molecule has 1 aliphatic rings. The van der Waals surface area contributed by atoms with Crippen LogP contribution in [0.15, 0.2) is 36.8 Å². The number of aliphatic carboxylic acids is 2. The van der Waals surface area contributed by atoms with E-state index in [0.717, 1.165) is 0 Å². The van der Waals surface area contributed by atoms with Gasteiger partial charge in [-0.05, 0) is 30.5 Å². The van der Waals surface area contributed by atoms with Gasteiger partial charge in [-0.2, -0.15) is 0 Å². The van der Waals surface area contributed by atoms with Gasteiger partial charge < -0.3 is 41.6 Å². The number of imidazole rings is 1. The zero-order chi connectivity index (χ0) is 27.8. The van der Waals surface area contributed by atoms with Gasteiger partial charge in [0.15, 0.2) is 0 Å². The van der Waals surface area contributed by atoms with Crippen molar-refractivity contribution in [1.82, 2.24) is 25.5 Å². The summed E-state index contributed by atoms with van der Waals surface area (Å²) in [4.78, 5) is 69.7. The second-order valence-electron chi connectivity index (χ2n) is 9.01. The Bertz CT molecular complexity index is 1150. The Morgan fingerprint density at radius 1 is 1.08 bits per heavy atom. The van der Waals surface area contributed by atoms with Crippen molar-refractivity contribution in [2.24, 2.45) is 5.73 Å². The van der Waals surface area contributed by atoms with E-state index in [1.54, 1.807) is 12.1 Å². The van der Waals surface area contributed by atoms with Crippen LogP contribution in [0.4, 0.5) is 0 Å². The largest absolute Gasteiger partial charge is 0.508 e. The number of carboxylic acid groups (broad SMARTS) is 2. The van der Waals surface area contributed by atoms with Crippen molar-refractivity contribution in [2.45, 2.75) is 56.3 Å². The number of hydrogen-bond donors (Lipinski definition) is 7. The highest BCUT2D eigenvalue weighted by atomic mass is 16.4. The van der Waals surface area contributed by atoms with Gasteiger partial charge in [-0.1, -0.05) is 12.1 Å². The minimum absolute atomic E-state index is 0.00194. The first kappa shape index (κ1) is 28.1. The normalized spacial score (nSPS) is 17.3. The number of carbonyl (C=O) groups is 5. The Morgan fingerprint density at radius 3 is 2.39 bits per heavy atom. The van der Waals surface area contributed by atoms with Crippen LogP contribution < -0.4 is 16.4 Å². The zero-order valence-corrected chi connectivity index (χ0v) is 20.4. The molecule has 0 radical (unpaired) electrons. The Labute approximate surface area is 217 Å². The van der Waals surface area contributed by atoms with Crippen LogP contribution in [0, 0.1) is 0 Å². The molecule has 2 heterocycles. The van der Waals surface area contributed by atoms with Crippen LogP contribution in [0.5, 0.6) is 5.75 Å². The first-order valence-electron chi connectivity index (χ1n) is 11.9. The third-order valence-electron chi connectivity index (χ3n) is 6.15. The number of nitrogens with one attached hydrogen (secondary N) is 3. The van der Waals surface area contributed by atoms with E-state index in [4.69, 9.17) is 10.8 Å². The van der Waals surface area contributed by atoms with Crippen LogP contribution in [0.3, 0.4) is 0 Å². The second-order valence-corrected chi connectivity index (χ2v) is 9.01. The lowest BCUT2D eigenvalue weighted by atomic mass is 10.0. The zero-order valence-electron chi connectivity index (χ0n) is 20.4. The van der Waals surface area contributed by atoms with Crippen molar-refractivity contribution in [2.75, 3.05) is 6.54 Å². The van der Waals surface area contributed by atoms with Crippen LogP contribution in [-0.2, 0) is 36.8 Å². The van der Waals surface area contributed by atoms with E-state index in [-0.39, 0.29) is 31.6 Å². The maximum Gasteiger partial charge on any atom is 0.326 e. The highest BCUT2D eigenvalue weighted by Crippen LogP contribution is 2.20. The lowest BCUT2D eigenvalue weighted by Crippen LogP contribution is -2.57. The molecular formula is C24H30N6O8. The van der Waals surface area contributed by atoms with E-state index in [1.807, 2.05) is 0 Å². The number of carboxylic acids is 2. The maximum atomic E-state index is 13.2. The molecule has 0 spiro atoms. The second kappa shape index (κ2) is 12.7. The third-order valence-corrected chi connectivity index (χ3v) is 6.15. The van der Waals surface area contributed by atoms with Crippen LogP contribution >= 0.6 is 0 Å². The molecule has 14 heteroatoms. The maximum absolute atomic E-state index is 13.2. The summed E-state index contributed by atoms with van der Waals surface area (Å²) < 4.78 is 0. The fourth-order valence-corrected chi connectivity index (χ4v) is 4.23. The van der Waals surface area contributed by atoms with Crippen molar-refractivity contribution >= 4 is 29.7 Å². The molecule has 8 N–H and O–H groups in total. The van der Waals surface area contributed by atoms with Crippen molar-refractivity contribution < 1.29 is 39.3 Å². The van der Waals surface area contributed by atoms with Crippen molar-refractivity contribution in [3.05, 3.63) is 48.0 Å². The summed E-state index contributed by atoms with van der Waals surface area (Å²) >= 11 is 0. The summed E-state index contributed by atoms with van der Waals surface area (Å²) in [5, 5.41) is 33.2. The van der Waals surface area contributed by atoms with E-state index in [9.17, 15) is 34.2 Å². The number of likely N-dealkylation sites (tertiary alicyclic amines) is 1. The van der Waals surface area contributed by atoms with Gasteiger partial charge in [-0.25, -0.2) is 9.78 Å². The first-order valence-corrected chi connectivity index (χ1v) is 11.9. The van der Waals surface area contributed by atoms with Crippen molar-refractivity contribution in [1.29, 1.82) is 0 Å². The van der Waals surface area contributed by atoms with Gasteiger partial charge in [0.2, 0.25) is 17.7 Å². The van der Waals surface area contributed by atoms with Gasteiger partial charge in [0, 0.05) is 31.3 Å². The molecule has 3 rings (SSSR count). The molecule has 0 aliphatic carbocycles. The summed E-state index contributed by atoms with van der Waals surface area (Å²) in [5.74, 6) is -4.64. The number of H-pyrrole nitrogens is 1. The predicted octanol–water partition coefficient (Wildman–Crippen LogP) is -1.25. The van der Waals surface area contributed by atoms with E-state index in [2.05, 4.69) is 20.6 Å². The van der Waals surface area contributed by atoms with Crippen molar-refractivity contribution in [3.8, 4) is 5.75 Å². The molecule has 0 saturated carbocycles. The third kappa shape index (κ3) is 7.52. The molecule has 38 heavy (non-hydrogen) atoms. The Balaban J connectivity index is 1.77. The summed E-state index contributed by atoms with van der Waals surface area (Å²) in [6.07, 6.45) is 2.86. The van der Waals surface area contributed by atoms with E-state index >= 15 is 0 Å². The van der Waals surface area contributed by atoms with Crippen LogP contribution in [0.2, 0.25) is 0 Å². The molecular weight excluding hydrogens is 500 g/mol. The van der Waals surface area contributed by atoms with E-state index < -0.39 is 60.2 Å². The van der Waals surface area contributed by atoms with Crippen molar-refractivity contribution in [3.63, 3.8) is 0 Å². The number of aromatic nitrogens is 2. The first-order chi connectivity index (χ1) is 18.0. The molecule has 2 aromatic rings. The van der Waals surface area contributed by atoms with Gasteiger partial charge >= 0.3 is 11.9 Å². The number of rotatable bonds is 12. The Morgan fingerprint density at radius 2 is 1.79 bits per heavy atom. The van der Waals surface area contributed by atoms with Gasteiger partial charge in [-0.3, -0.25) is 19.2 Å². The molecule has 4 atom stereocenters. The van der Waals surface area contributed by atoms with E-state index in [1.165, 1.54) is 29.6 Å². The molecule has 4 unspecified atom stereocenters. The number of amides is 3. The molecule has 204 valence electrons. The quantitative estimate of drug-likeness (QED) is 0.172. The molecule has 14 nitrogen and oxygen atoms in total. The highest BCUT2D eigenvalue weighted by molar-refractivity contribution is 5.95. The number of phenolic OH excluding ortho intramolecular Hbond substituents is 1. The Kier molecular flexibility index (Phi) is 9.38. The number of nitrogens with zero attached hydrogens (tertiary/aromatic N) is 2. The lowest BCUT2D eigenvalue weighted by molar-refractivity contribution is -0.144. The van der Waals surface area contributed by atoms with E-state index in [0.29, 0.717) is 17.7 Å². The van der Waals surface area contributed by atoms with Gasteiger partial charge in [0.1, 0.15) is 23.9 Å². The summed E-state index contributed by atoms with van der Waals surface area (Å²) in [6, 6.07) is 1.08. The summed E-state index contributed by atoms with van der Waals surface area (Å²) in [5.41, 5.74) is 6.77. The highest BCUT2D eigenvalue weighted by Gasteiger charge is 2.38. The molecule has 1 aromatic carbocycles. The number of aromatic hydroxyl groups is 1. The number of benzene rings is 1. The van der Waals surface area contributed by atoms with Crippen LogP contribution in [0.1, 0.15) is 30.5 Å². The standard InChI is InChI=1S/C24H30N6O8/c25-16(10-20(32)33)23(36)30-7-1-2-19(30)22(35)28-17(8-13-3-5-15(31)6-4-13)21(34)29-18(24(37)38)9-14-11-26-12-27-14/h3-6,11-12,16-19,31H,1-2,7-10,25H2,(H,26,27)(H,28,35)(H,29,34)(H,32,33)(H,37,38). The molecule has 1 fully saturated rings. The monoisotopic (exact) mass is 530 g/mol. The fraction of sp³-hybridized carbons (Fsp3) is 0.417. The molecule has 1 aliphatic heterocycles. The molecule has 0 bridgehead atoms. The predicted molar refractivity (Wildman–Crippen MR) is 131 cm³/mol. The fourth-order valence-electron chi connectivity index (χ4n) is 4.23. The molecule has 1 saturated heterocycles. The number of carbonyl (C=O) groups excluding carboxylic acids is 3. The number of aromatic amines is 1. The average molecular weight is 531 g/mol. The Hall–Kier alpha value is -4.46. The smallest absolute Gasteiger partial charge is 0.326 e. The topological polar surface area (TPSA) is 228 Å². The number of hydrogen-bond acceptors (Lipinski definition) is 8. The number of phenols is 1. The van der Waals surface area contributed by atoms with Crippen LogP contribution in [-0.4, -0.2) is 90.6 Å². The lowest BCUT2D eigenvalue weighted by Gasteiger charge is -2.28. The van der Waals surface area contributed by atoms with Gasteiger partial charge in [0.25, 0.3) is 0 Å². The number of nitrogens with two attached hydrogens (primary N) is 1.